The molecule has 0 aromatic heterocycles. The summed E-state index contributed by atoms with van der Waals surface area (Å²) in [4.78, 5) is 16.5. The van der Waals surface area contributed by atoms with Crippen LogP contribution in [-0.4, -0.2) is 44.3 Å². The van der Waals surface area contributed by atoms with Gasteiger partial charge in [-0.2, -0.15) is 0 Å². The first kappa shape index (κ1) is 21.5. The molecule has 5 rings (SSSR count). The molecule has 1 saturated carbocycles. The molecule has 7 nitrogen and oxygen atoms in total. The van der Waals surface area contributed by atoms with Gasteiger partial charge in [0.2, 0.25) is 0 Å². The Morgan fingerprint density at radius 3 is 2.52 bits per heavy atom. The number of carbonyl (C=O) groups excluding carboxylic acids is 1. The molecule has 0 bridgehead atoms. The molecule has 2 aliphatic heterocycles. The van der Waals surface area contributed by atoms with Gasteiger partial charge in [-0.25, -0.2) is 0 Å². The largest absolute Gasteiger partial charge is 0.586 e. The van der Waals surface area contributed by atoms with Crippen LogP contribution in [0.15, 0.2) is 35.3 Å². The zero-order valence-corrected chi connectivity index (χ0v) is 18.4. The molecule has 1 aliphatic carbocycles. The number of nitrogens with zero attached hydrogens (tertiary/aromatic N) is 1. The number of aliphatic imine (C=N–C) groups is 1. The molecule has 3 unspecified atom stereocenters. The highest BCUT2D eigenvalue weighted by molar-refractivity contribution is 6.15. The molecule has 0 radical (unpaired) electrons. The van der Waals surface area contributed by atoms with E-state index in [-0.39, 0.29) is 35.5 Å². The van der Waals surface area contributed by atoms with Crippen LogP contribution in [0.2, 0.25) is 0 Å². The zero-order chi connectivity index (χ0) is 23.3. The van der Waals surface area contributed by atoms with Crippen LogP contribution in [0.4, 0.5) is 8.78 Å². The van der Waals surface area contributed by atoms with E-state index in [0.29, 0.717) is 35.6 Å². The number of hydrogen-bond donors (Lipinski definition) is 0. The van der Waals surface area contributed by atoms with Crippen LogP contribution in [0, 0.1) is 0 Å². The van der Waals surface area contributed by atoms with Crippen molar-refractivity contribution in [2.24, 2.45) is 4.99 Å². The lowest BCUT2D eigenvalue weighted by atomic mass is 9.74. The predicted molar refractivity (Wildman–Crippen MR) is 114 cm³/mol. The summed E-state index contributed by atoms with van der Waals surface area (Å²) in [7, 11) is 3.12. The molecule has 2 aromatic rings. The fourth-order valence-electron chi connectivity index (χ4n) is 4.91. The van der Waals surface area contributed by atoms with Crippen LogP contribution in [0.25, 0.3) is 0 Å². The quantitative estimate of drug-likeness (QED) is 0.629. The number of ether oxygens (including phenoxy) is 5. The Bertz CT molecular complexity index is 1150. The summed E-state index contributed by atoms with van der Waals surface area (Å²) in [6.45, 7) is 1.41. The van der Waals surface area contributed by atoms with E-state index in [9.17, 15) is 13.6 Å². The number of fused-ring (bicyclic) bond motifs is 4. The van der Waals surface area contributed by atoms with Crippen molar-refractivity contribution in [2.45, 2.75) is 50.5 Å². The topological polar surface area (TPSA) is 75.6 Å². The highest BCUT2D eigenvalue weighted by atomic mass is 19.3. The lowest BCUT2D eigenvalue weighted by Gasteiger charge is -2.38. The Labute approximate surface area is 189 Å². The highest BCUT2D eigenvalue weighted by Crippen LogP contribution is 2.47. The van der Waals surface area contributed by atoms with Gasteiger partial charge in [0.25, 0.3) is 0 Å². The van der Waals surface area contributed by atoms with Crippen molar-refractivity contribution in [1.29, 1.82) is 0 Å². The highest BCUT2D eigenvalue weighted by Gasteiger charge is 2.44. The molecule has 174 valence electrons. The second-order valence-corrected chi connectivity index (χ2v) is 8.32. The Hall–Kier alpha value is -3.36. The van der Waals surface area contributed by atoms with Crippen molar-refractivity contribution < 1.29 is 37.3 Å². The number of esters is 1. The van der Waals surface area contributed by atoms with Gasteiger partial charge in [0.1, 0.15) is 6.10 Å². The first-order valence-electron chi connectivity index (χ1n) is 10.7. The summed E-state index contributed by atoms with van der Waals surface area (Å²) in [6.07, 6.45) is -1.81. The Morgan fingerprint density at radius 2 is 1.79 bits per heavy atom. The van der Waals surface area contributed by atoms with E-state index >= 15 is 0 Å². The average molecular weight is 459 g/mol. The molecule has 3 aliphatic rings. The Kier molecular flexibility index (Phi) is 5.14. The first-order chi connectivity index (χ1) is 15.8. The second-order valence-electron chi connectivity index (χ2n) is 8.32. The minimum Gasteiger partial charge on any atom is -0.493 e. The number of methoxy groups -OCH3 is 2. The SMILES string of the molecule is COc1cc2c(cc1OC)C1CC(OC(C)=O)CCC1N=C2c1ccc2c(c1)OC(F)(F)O2. The van der Waals surface area contributed by atoms with Gasteiger partial charge in [0.15, 0.2) is 23.0 Å². The van der Waals surface area contributed by atoms with Gasteiger partial charge in [-0.1, -0.05) is 0 Å². The predicted octanol–water partition coefficient (Wildman–Crippen LogP) is 4.44. The number of alkyl halides is 2. The number of rotatable bonds is 4. The molecule has 0 spiro atoms. The summed E-state index contributed by atoms with van der Waals surface area (Å²) in [5, 5.41) is 0. The molecular formula is C24H23F2NO6. The van der Waals surface area contributed by atoms with Gasteiger partial charge in [-0.15, -0.1) is 8.78 Å². The third-order valence-corrected chi connectivity index (χ3v) is 6.28. The number of halogens is 2. The van der Waals surface area contributed by atoms with E-state index < -0.39 is 6.29 Å². The molecule has 3 atom stereocenters. The standard InChI is InChI=1S/C24H23F2NO6/c1-12(28)31-14-5-6-18-16(9-14)15-10-20(29-2)21(30-3)11-17(15)23(27-18)13-4-7-19-22(8-13)33-24(25,26)32-19/h4,7-8,10-11,14,16,18H,5-6,9H2,1-3H3. The first-order valence-corrected chi connectivity index (χ1v) is 10.7. The van der Waals surface area contributed by atoms with Crippen LogP contribution in [0.5, 0.6) is 23.0 Å². The third-order valence-electron chi connectivity index (χ3n) is 6.28. The smallest absolute Gasteiger partial charge is 0.493 e. The maximum Gasteiger partial charge on any atom is 0.586 e. The van der Waals surface area contributed by atoms with Crippen molar-refractivity contribution in [1.82, 2.24) is 0 Å². The summed E-state index contributed by atoms with van der Waals surface area (Å²) < 4.78 is 52.8. The fraction of sp³-hybridized carbons (Fsp3) is 0.417. The molecule has 9 heteroatoms. The van der Waals surface area contributed by atoms with Gasteiger partial charge in [0, 0.05) is 24.0 Å². The van der Waals surface area contributed by atoms with E-state index in [1.807, 2.05) is 12.1 Å². The average Bonchev–Trinajstić information content (AvgIpc) is 3.10. The molecule has 0 N–H and O–H groups in total. The number of carbonyl (C=O) groups is 1. The van der Waals surface area contributed by atoms with E-state index in [2.05, 4.69) is 9.47 Å². The van der Waals surface area contributed by atoms with Crippen LogP contribution in [-0.2, 0) is 9.53 Å². The normalized spacial score (nSPS) is 24.3. The molecule has 33 heavy (non-hydrogen) atoms. The Morgan fingerprint density at radius 1 is 1.06 bits per heavy atom. The molecular weight excluding hydrogens is 436 g/mol. The Balaban J connectivity index is 1.60. The minimum atomic E-state index is -3.69. The number of hydrogen-bond acceptors (Lipinski definition) is 7. The van der Waals surface area contributed by atoms with E-state index in [1.54, 1.807) is 20.3 Å². The summed E-state index contributed by atoms with van der Waals surface area (Å²) >= 11 is 0. The zero-order valence-electron chi connectivity index (χ0n) is 18.4. The van der Waals surface area contributed by atoms with Gasteiger partial charge < -0.3 is 23.7 Å². The summed E-state index contributed by atoms with van der Waals surface area (Å²) in [5.41, 5.74) is 3.08. The molecule has 2 aromatic carbocycles. The van der Waals surface area contributed by atoms with Crippen molar-refractivity contribution in [3.8, 4) is 23.0 Å². The molecule has 1 fully saturated rings. The van der Waals surface area contributed by atoms with Crippen LogP contribution in [0.3, 0.4) is 0 Å². The van der Waals surface area contributed by atoms with Gasteiger partial charge in [0.05, 0.1) is 26.0 Å². The van der Waals surface area contributed by atoms with Crippen LogP contribution in [0.1, 0.15) is 48.8 Å². The maximum atomic E-state index is 13.5. The van der Waals surface area contributed by atoms with E-state index in [1.165, 1.54) is 19.1 Å². The van der Waals surface area contributed by atoms with E-state index in [0.717, 1.165) is 17.5 Å². The lowest BCUT2D eigenvalue weighted by Crippen LogP contribution is -2.36. The third kappa shape index (κ3) is 3.85. The minimum absolute atomic E-state index is 0.0139. The van der Waals surface area contributed by atoms with Crippen LogP contribution >= 0.6 is 0 Å². The fourth-order valence-corrected chi connectivity index (χ4v) is 4.91. The molecule has 0 amide bonds. The van der Waals surface area contributed by atoms with Gasteiger partial charge in [-0.3, -0.25) is 9.79 Å². The van der Waals surface area contributed by atoms with Crippen molar-refractivity contribution in [3.05, 3.63) is 47.0 Å². The monoisotopic (exact) mass is 459 g/mol. The summed E-state index contributed by atoms with van der Waals surface area (Å²) in [5.74, 6) is 0.761. The molecule has 2 heterocycles. The molecule has 0 saturated heterocycles. The van der Waals surface area contributed by atoms with Crippen molar-refractivity contribution >= 4 is 11.7 Å². The number of benzene rings is 2. The van der Waals surface area contributed by atoms with Crippen LogP contribution < -0.4 is 18.9 Å². The van der Waals surface area contributed by atoms with Crippen molar-refractivity contribution in [2.75, 3.05) is 14.2 Å². The van der Waals surface area contributed by atoms with E-state index in [4.69, 9.17) is 19.2 Å². The van der Waals surface area contributed by atoms with Gasteiger partial charge in [-0.05, 0) is 55.2 Å². The lowest BCUT2D eigenvalue weighted by molar-refractivity contribution is -0.286. The second kappa shape index (κ2) is 7.90. The maximum absolute atomic E-state index is 13.5. The summed E-state index contributed by atoms with van der Waals surface area (Å²) in [6, 6.07) is 8.38. The van der Waals surface area contributed by atoms with Gasteiger partial charge >= 0.3 is 12.3 Å². The van der Waals surface area contributed by atoms with Crippen molar-refractivity contribution in [3.63, 3.8) is 0 Å².